The Hall–Kier alpha value is -3.08. The van der Waals surface area contributed by atoms with Crippen molar-refractivity contribution in [1.82, 2.24) is 9.47 Å². The van der Waals surface area contributed by atoms with Crippen LogP contribution in [0.25, 0.3) is 0 Å². The van der Waals surface area contributed by atoms with Gasteiger partial charge >= 0.3 is 6.03 Å². The van der Waals surface area contributed by atoms with E-state index in [2.05, 4.69) is 9.88 Å². The van der Waals surface area contributed by atoms with Crippen LogP contribution in [0.3, 0.4) is 0 Å². The molecule has 0 aliphatic carbocycles. The van der Waals surface area contributed by atoms with Gasteiger partial charge in [0.15, 0.2) is 0 Å². The highest BCUT2D eigenvalue weighted by Crippen LogP contribution is 2.34. The molecule has 27 heavy (non-hydrogen) atoms. The summed E-state index contributed by atoms with van der Waals surface area (Å²) >= 11 is 0. The van der Waals surface area contributed by atoms with Crippen molar-refractivity contribution in [3.8, 4) is 0 Å². The lowest BCUT2D eigenvalue weighted by molar-refractivity contribution is 0.180. The van der Waals surface area contributed by atoms with Gasteiger partial charge in [-0.3, -0.25) is 0 Å². The number of benzene rings is 2. The summed E-state index contributed by atoms with van der Waals surface area (Å²) in [6.07, 6.45) is 1.98. The molecule has 1 atom stereocenters. The zero-order chi connectivity index (χ0) is 19.0. The molecule has 1 aliphatic rings. The molecule has 0 bridgehead atoms. The van der Waals surface area contributed by atoms with Crippen LogP contribution in [0.1, 0.15) is 28.4 Å². The van der Waals surface area contributed by atoms with Crippen LogP contribution in [-0.2, 0) is 6.54 Å². The number of amides is 2. The Labute approximate surface area is 158 Å². The van der Waals surface area contributed by atoms with Crippen LogP contribution >= 0.6 is 0 Å². The molecule has 0 radical (unpaired) electrons. The number of aryl methyl sites for hydroxylation is 1. The highest BCUT2D eigenvalue weighted by molar-refractivity contribution is 5.91. The highest BCUT2D eigenvalue weighted by Gasteiger charge is 2.33. The van der Waals surface area contributed by atoms with Crippen molar-refractivity contribution in [3.63, 3.8) is 0 Å². The van der Waals surface area contributed by atoms with Crippen molar-refractivity contribution in [2.75, 3.05) is 11.9 Å². The van der Waals surface area contributed by atoms with Crippen molar-refractivity contribution in [3.05, 3.63) is 89.0 Å². The fourth-order valence-electron chi connectivity index (χ4n) is 3.70. The number of hydrogen-bond donors (Lipinski definition) is 1. The maximum Gasteiger partial charge on any atom is 0.322 e. The summed E-state index contributed by atoms with van der Waals surface area (Å²) in [6.45, 7) is 5.20. The predicted octanol–water partition coefficient (Wildman–Crippen LogP) is 4.88. The van der Waals surface area contributed by atoms with Crippen LogP contribution in [0, 0.1) is 19.7 Å². The van der Waals surface area contributed by atoms with Crippen LogP contribution in [0.2, 0.25) is 0 Å². The minimum absolute atomic E-state index is 0.218. The van der Waals surface area contributed by atoms with Gasteiger partial charge in [0.2, 0.25) is 0 Å². The minimum atomic E-state index is -0.458. The van der Waals surface area contributed by atoms with E-state index in [1.54, 1.807) is 23.1 Å². The fourth-order valence-corrected chi connectivity index (χ4v) is 3.70. The Balaban J connectivity index is 1.71. The number of urea groups is 1. The summed E-state index contributed by atoms with van der Waals surface area (Å²) < 4.78 is 16.7. The summed E-state index contributed by atoms with van der Waals surface area (Å²) in [5, 5.41) is 3.02. The summed E-state index contributed by atoms with van der Waals surface area (Å²) in [5.74, 6) is -0.304. The Morgan fingerprint density at radius 1 is 1.04 bits per heavy atom. The zero-order valence-electron chi connectivity index (χ0n) is 15.4. The Kier molecular flexibility index (Phi) is 4.44. The molecule has 0 spiro atoms. The maximum atomic E-state index is 14.6. The third-order valence-corrected chi connectivity index (χ3v) is 5.35. The van der Waals surface area contributed by atoms with Crippen LogP contribution in [-0.4, -0.2) is 22.0 Å². The lowest BCUT2D eigenvalue weighted by Crippen LogP contribution is -2.44. The first-order chi connectivity index (χ1) is 13.1. The number of aromatic nitrogens is 1. The van der Waals surface area contributed by atoms with Crippen LogP contribution in [0.5, 0.6) is 0 Å². The molecule has 3 aromatic rings. The maximum absolute atomic E-state index is 14.6. The van der Waals surface area contributed by atoms with E-state index >= 15 is 0 Å². The zero-order valence-corrected chi connectivity index (χ0v) is 15.4. The van der Waals surface area contributed by atoms with E-state index in [4.69, 9.17) is 0 Å². The quantitative estimate of drug-likeness (QED) is 0.692. The van der Waals surface area contributed by atoms with Gasteiger partial charge in [-0.2, -0.15) is 0 Å². The highest BCUT2D eigenvalue weighted by atomic mass is 19.1. The molecule has 2 aromatic carbocycles. The topological polar surface area (TPSA) is 37.3 Å². The van der Waals surface area contributed by atoms with Crippen molar-refractivity contribution in [2.24, 2.45) is 0 Å². The molecule has 1 aliphatic heterocycles. The normalized spacial score (nSPS) is 16.1. The van der Waals surface area contributed by atoms with Gasteiger partial charge in [0.05, 0.1) is 0 Å². The molecule has 2 heterocycles. The lowest BCUT2D eigenvalue weighted by Gasteiger charge is -2.37. The second-order valence-corrected chi connectivity index (χ2v) is 6.92. The van der Waals surface area contributed by atoms with Gasteiger partial charge in [-0.15, -0.1) is 0 Å². The van der Waals surface area contributed by atoms with Gasteiger partial charge in [-0.05, 0) is 49.2 Å². The first-order valence-corrected chi connectivity index (χ1v) is 9.09. The van der Waals surface area contributed by atoms with E-state index in [9.17, 15) is 9.18 Å². The van der Waals surface area contributed by atoms with Crippen LogP contribution < -0.4 is 5.32 Å². The Bertz CT molecular complexity index is 995. The molecule has 1 aromatic heterocycles. The largest absolute Gasteiger partial charge is 0.348 e. The van der Waals surface area contributed by atoms with Crippen molar-refractivity contribution < 1.29 is 9.18 Å². The molecular weight excluding hydrogens is 341 g/mol. The fraction of sp³-hybridized carbons (Fsp3) is 0.227. The molecule has 4 rings (SSSR count). The van der Waals surface area contributed by atoms with Gasteiger partial charge in [0, 0.05) is 36.2 Å². The molecule has 2 amide bonds. The number of nitrogens with one attached hydrogen (secondary N) is 1. The molecule has 138 valence electrons. The Morgan fingerprint density at radius 2 is 1.85 bits per heavy atom. The number of hydrogen-bond acceptors (Lipinski definition) is 1. The molecular formula is C22H22FN3O. The third-order valence-electron chi connectivity index (χ3n) is 5.35. The number of nitrogens with zero attached hydrogens (tertiary/aromatic N) is 2. The van der Waals surface area contributed by atoms with Gasteiger partial charge < -0.3 is 14.8 Å². The summed E-state index contributed by atoms with van der Waals surface area (Å²) in [7, 11) is 0. The predicted molar refractivity (Wildman–Crippen MR) is 104 cm³/mol. The van der Waals surface area contributed by atoms with E-state index < -0.39 is 6.04 Å². The molecule has 0 fully saturated rings. The second kappa shape index (κ2) is 6.91. The van der Waals surface area contributed by atoms with Crippen molar-refractivity contribution in [2.45, 2.75) is 26.4 Å². The van der Waals surface area contributed by atoms with Gasteiger partial charge in [0.25, 0.3) is 0 Å². The van der Waals surface area contributed by atoms with Gasteiger partial charge in [0.1, 0.15) is 11.9 Å². The minimum Gasteiger partial charge on any atom is -0.348 e. The Morgan fingerprint density at radius 3 is 2.67 bits per heavy atom. The first-order valence-electron chi connectivity index (χ1n) is 9.09. The molecule has 4 nitrogen and oxygen atoms in total. The van der Waals surface area contributed by atoms with E-state index in [1.165, 1.54) is 6.07 Å². The van der Waals surface area contributed by atoms with Crippen LogP contribution in [0.15, 0.2) is 60.8 Å². The number of fused-ring (bicyclic) bond motifs is 1. The second-order valence-electron chi connectivity index (χ2n) is 6.92. The van der Waals surface area contributed by atoms with E-state index in [0.29, 0.717) is 18.7 Å². The average molecular weight is 363 g/mol. The lowest BCUT2D eigenvalue weighted by atomic mass is 9.99. The average Bonchev–Trinajstić information content (AvgIpc) is 3.14. The van der Waals surface area contributed by atoms with Crippen LogP contribution in [0.4, 0.5) is 14.9 Å². The van der Waals surface area contributed by atoms with Gasteiger partial charge in [-0.25, -0.2) is 9.18 Å². The molecule has 0 saturated heterocycles. The first kappa shape index (κ1) is 17.3. The van der Waals surface area contributed by atoms with Crippen molar-refractivity contribution >= 4 is 11.7 Å². The monoisotopic (exact) mass is 363 g/mol. The summed E-state index contributed by atoms with van der Waals surface area (Å²) in [4.78, 5) is 14.9. The van der Waals surface area contributed by atoms with E-state index in [-0.39, 0.29) is 11.8 Å². The number of halogens is 1. The number of anilines is 1. The molecule has 5 heteroatoms. The standard InChI is InChI=1S/C22H22FN3O/c1-15-7-5-10-19(16(15)2)24-22(27)26-14-13-25-12-6-11-20(25)21(26)17-8-3-4-9-18(17)23/h3-12,21H,13-14H2,1-2H3,(H,24,27). The number of rotatable bonds is 2. The number of carbonyl (C=O) groups excluding carboxylic acids is 1. The summed E-state index contributed by atoms with van der Waals surface area (Å²) in [5.41, 5.74) is 4.36. The molecule has 0 saturated carbocycles. The summed E-state index contributed by atoms with van der Waals surface area (Å²) in [6, 6.07) is 15.7. The van der Waals surface area contributed by atoms with E-state index in [0.717, 1.165) is 22.5 Å². The molecule has 1 N–H and O–H groups in total. The number of carbonyl (C=O) groups is 1. The van der Waals surface area contributed by atoms with Gasteiger partial charge in [-0.1, -0.05) is 30.3 Å². The SMILES string of the molecule is Cc1cccc(NC(=O)N2CCn3cccc3C2c2ccccc2F)c1C. The smallest absolute Gasteiger partial charge is 0.322 e. The third kappa shape index (κ3) is 3.10. The van der Waals surface area contributed by atoms with E-state index in [1.807, 2.05) is 50.4 Å². The van der Waals surface area contributed by atoms with Crippen molar-refractivity contribution in [1.29, 1.82) is 0 Å². The molecule has 1 unspecified atom stereocenters.